The van der Waals surface area contributed by atoms with E-state index in [0.29, 0.717) is 80.9 Å². The maximum atomic E-state index is 14.7. The zero-order valence-corrected chi connectivity index (χ0v) is 79.1. The molecule has 22 nitrogen and oxygen atoms in total. The number of fused-ring (bicyclic) bond motifs is 3. The van der Waals surface area contributed by atoms with E-state index in [4.69, 9.17) is 56.2 Å². The Bertz CT molecular complexity index is 4650. The Hall–Kier alpha value is -8.78. The van der Waals surface area contributed by atoms with Gasteiger partial charge >= 0.3 is 32.4 Å². The molecule has 0 unspecified atom stereocenters. The smallest absolute Gasteiger partial charge is 0.481 e. The van der Waals surface area contributed by atoms with Gasteiger partial charge < -0.3 is 64.7 Å². The number of halogens is 4. The van der Waals surface area contributed by atoms with Crippen molar-refractivity contribution in [2.75, 3.05) is 105 Å². The first-order chi connectivity index (χ1) is 60.6. The number of nitrogens with one attached hydrogen (secondary N) is 1. The number of aromatic nitrogens is 9. The number of ketones is 1. The fourth-order valence-corrected chi connectivity index (χ4v) is 15.9. The summed E-state index contributed by atoms with van der Waals surface area (Å²) in [7, 11) is 4.51. The molecule has 12 rings (SSSR count). The summed E-state index contributed by atoms with van der Waals surface area (Å²) in [4.78, 5) is 83.7. The summed E-state index contributed by atoms with van der Waals surface area (Å²) in [6.45, 7) is 11.8. The van der Waals surface area contributed by atoms with Crippen LogP contribution in [0, 0.1) is 20.8 Å². The van der Waals surface area contributed by atoms with Gasteiger partial charge in [0, 0.05) is 118 Å². The fraction of sp³-hybridized carbons (Fsp3) is 0.505. The molecule has 128 heavy (non-hydrogen) atoms. The Morgan fingerprint density at radius 3 is 1.23 bits per heavy atom. The number of methoxy groups -OCH3 is 3. The number of hydrogen-bond donors (Lipinski definition) is 3. The Labute approximate surface area is 778 Å². The molecule has 0 spiro atoms. The van der Waals surface area contributed by atoms with Gasteiger partial charge in [0.2, 0.25) is 0 Å². The number of aryl methyl sites for hydroxylation is 9. The van der Waals surface area contributed by atoms with Crippen molar-refractivity contribution >= 4 is 35.1 Å². The second-order valence-corrected chi connectivity index (χ2v) is 34.2. The minimum atomic E-state index is -1.12. The molecule has 6 atom stereocenters. The van der Waals surface area contributed by atoms with Gasteiger partial charge in [-0.15, -0.1) is 0 Å². The van der Waals surface area contributed by atoms with Crippen molar-refractivity contribution in [1.82, 2.24) is 59.6 Å². The van der Waals surface area contributed by atoms with E-state index in [1.54, 1.807) is 31.0 Å². The Morgan fingerprint density at radius 2 is 0.844 bits per heavy atom. The number of anilines is 1. The van der Waals surface area contributed by atoms with E-state index in [2.05, 4.69) is 76.4 Å². The predicted octanol–water partition coefficient (Wildman–Crippen LogP) is 18.2. The first-order valence-electron chi connectivity index (χ1n) is 44.8. The van der Waals surface area contributed by atoms with Crippen molar-refractivity contribution in [2.45, 2.75) is 224 Å². The van der Waals surface area contributed by atoms with E-state index < -0.39 is 48.1 Å². The van der Waals surface area contributed by atoms with Crippen LogP contribution in [0.3, 0.4) is 0 Å². The molecule has 0 aliphatic heterocycles. The Balaban J connectivity index is 0.000000277. The molecule has 3 aliphatic carbocycles. The summed E-state index contributed by atoms with van der Waals surface area (Å²) >= 11 is 5.72. The molecule has 4 N–H and O–H groups in total. The maximum Gasteiger partial charge on any atom is 2.00 e. The number of alkyl halides is 3. The molecule has 27 heteroatoms. The number of nitrogens with two attached hydrogens (primary N) is 1. The molecule has 6 aromatic heterocycles. The average molecular weight is 1880 g/mol. The number of rotatable bonds is 46. The van der Waals surface area contributed by atoms with Gasteiger partial charge in [0.1, 0.15) is 46.9 Å². The topological polar surface area (TPSA) is 272 Å². The molecule has 3 aliphatic rings. The van der Waals surface area contributed by atoms with Crippen molar-refractivity contribution in [1.29, 1.82) is 0 Å². The summed E-state index contributed by atoms with van der Waals surface area (Å²) < 4.78 is 64.0. The van der Waals surface area contributed by atoms with Crippen LogP contribution >= 0.6 is 11.6 Å². The summed E-state index contributed by atoms with van der Waals surface area (Å²) in [6, 6.07) is 41.3. The number of carbonyl (C=O) groups excluding carboxylic acids is 2. The minimum absolute atomic E-state index is 0. The standard InChI is InChI=1S/C35H48FN5O3.C32H41FN4O3.C22H36FN3O2.C10H7ClN2.2CH3.Pd/c1-35(2,3)44-34(42)31(39-33-23-37-22-32(40-33)26-12-6-5-7-13-26)19-21-41(24-28(36)25-43-4)20-11-10-15-29-18-17-27-14-8-9-16-30(27)38-29;1-40-23-27(33)22-37(17-8-7-12-28-15-14-25-11-5-6-13-30(25)35-28)18-16-26(32(38)39)19-29-20-34-21-31(36-29)24-9-3-2-4-10-24;1-17(27)21(24)12-14-26(15-19(23)16-28-2)13-6-5-8-20-11-10-18-7-3-4-9-22(18)25-20;11-10-7-12-6-9(13-10)8-4-2-1-3-5-8;;;/h5-7,12-13,17-18,22-23,28,31H,8-11,14-16,19-21,24-25H2,1-4H3,(H,39,40);2-4,9-10,14-15,20-21,26-27H,5-8,11-13,16-19,22-23H2,1H3,(H,38,39);10-11,19,21H,3-9,12-16,24H2,1-2H3;1-7H;2*1H3;/q;;;;2*-1;+2/t28-,31-;26-,27+;19-,21-;;;;/m010..../s1. The zero-order valence-electron chi connectivity index (χ0n) is 76.8. The van der Waals surface area contributed by atoms with Crippen LogP contribution in [0.2, 0.25) is 5.15 Å². The van der Waals surface area contributed by atoms with Crippen LogP contribution in [0.1, 0.15) is 181 Å². The second kappa shape index (κ2) is 59.5. The van der Waals surface area contributed by atoms with Crippen molar-refractivity contribution in [2.24, 2.45) is 11.7 Å². The van der Waals surface area contributed by atoms with Gasteiger partial charge in [-0.25, -0.2) is 32.9 Å². The van der Waals surface area contributed by atoms with E-state index in [0.717, 1.165) is 148 Å². The number of aliphatic carboxylic acids is 1. The Morgan fingerprint density at radius 1 is 0.469 bits per heavy atom. The molecular weight excluding hydrogens is 1740 g/mol. The van der Waals surface area contributed by atoms with Crippen LogP contribution < -0.4 is 11.1 Å². The van der Waals surface area contributed by atoms with Crippen LogP contribution in [0.4, 0.5) is 19.0 Å². The number of unbranched alkanes of at least 4 members (excludes halogenated alkanes) is 3. The number of benzene rings is 3. The molecular formula is C101H138ClF3N14O8Pd. The Kier molecular flexibility index (Phi) is 50.2. The van der Waals surface area contributed by atoms with Gasteiger partial charge in [-0.1, -0.05) is 121 Å². The second-order valence-electron chi connectivity index (χ2n) is 33.8. The van der Waals surface area contributed by atoms with Gasteiger partial charge in [0.05, 0.1) is 85.5 Å². The summed E-state index contributed by atoms with van der Waals surface area (Å²) in [5, 5.41) is 13.6. The number of carboxylic acid groups (broad SMARTS) is 1. The summed E-state index contributed by atoms with van der Waals surface area (Å²) in [5.74, 6) is -1.43. The summed E-state index contributed by atoms with van der Waals surface area (Å²) in [5.41, 5.74) is 22.3. The van der Waals surface area contributed by atoms with Crippen LogP contribution in [-0.4, -0.2) is 219 Å². The molecule has 9 aromatic rings. The fourth-order valence-electron chi connectivity index (χ4n) is 15.7. The first kappa shape index (κ1) is 108. The van der Waals surface area contributed by atoms with E-state index in [1.807, 2.05) is 117 Å². The predicted molar refractivity (Wildman–Crippen MR) is 502 cm³/mol. The molecule has 0 radical (unpaired) electrons. The van der Waals surface area contributed by atoms with Crippen molar-refractivity contribution in [3.05, 3.63) is 241 Å². The van der Waals surface area contributed by atoms with Gasteiger partial charge in [-0.05, 0) is 243 Å². The number of carbonyl (C=O) groups is 3. The quantitative estimate of drug-likeness (QED) is 0.0138. The monoisotopic (exact) mass is 1870 g/mol. The van der Waals surface area contributed by atoms with Gasteiger partial charge in [0.25, 0.3) is 0 Å². The minimum Gasteiger partial charge on any atom is -0.481 e. The van der Waals surface area contributed by atoms with Crippen LogP contribution in [-0.2, 0) is 118 Å². The average Bonchev–Trinajstić information content (AvgIpc) is 0.800. The van der Waals surface area contributed by atoms with Crippen molar-refractivity contribution in [3.63, 3.8) is 0 Å². The molecule has 3 aromatic carbocycles. The first-order valence-corrected chi connectivity index (χ1v) is 45.2. The third-order valence-corrected chi connectivity index (χ3v) is 22.5. The van der Waals surface area contributed by atoms with E-state index in [1.165, 1.54) is 107 Å². The summed E-state index contributed by atoms with van der Waals surface area (Å²) in [6.07, 6.45) is 30.8. The SMILES string of the molecule is COC[C@@H](F)CN(CCCCc1ccc2c(n1)CCCC2)CC[C@H](Cc1cncc(-c2ccccc2)n1)C(=O)O.COC[C@@H](F)CN(CCCCc1ccc2c(n1)CCCC2)CC[C@H](N)C(C)=O.COC[C@@H](F)CN(CCCCc1ccc2c(n1)CCCC2)CC[C@H](Nc1cncc(-c2ccccc2)n1)C(=O)OC(C)(C)C.Clc1cncc(-c2ccccc2)n1.[CH3-].[CH3-].[Pd+2]. The number of hydrogen-bond acceptors (Lipinski definition) is 21. The van der Waals surface area contributed by atoms with Crippen LogP contribution in [0.25, 0.3) is 33.8 Å². The molecule has 0 amide bonds. The number of ether oxygens (including phenoxy) is 4. The van der Waals surface area contributed by atoms with Crippen LogP contribution in [0.15, 0.2) is 165 Å². The molecule has 0 fully saturated rings. The largest absolute Gasteiger partial charge is 2.00 e. The van der Waals surface area contributed by atoms with Gasteiger partial charge in [0.15, 0.2) is 0 Å². The zero-order chi connectivity index (χ0) is 89.0. The molecule has 0 saturated heterocycles. The van der Waals surface area contributed by atoms with Crippen molar-refractivity contribution in [3.8, 4) is 33.8 Å². The normalized spacial score (nSPS) is 14.1. The van der Waals surface area contributed by atoms with E-state index >= 15 is 0 Å². The number of esters is 1. The molecule has 6 heterocycles. The van der Waals surface area contributed by atoms with Gasteiger partial charge in [-0.2, -0.15) is 0 Å². The number of carboxylic acids is 1. The third-order valence-electron chi connectivity index (χ3n) is 22.3. The third kappa shape index (κ3) is 39.9. The van der Waals surface area contributed by atoms with Gasteiger partial charge in [-0.3, -0.25) is 39.5 Å². The molecule has 698 valence electrons. The molecule has 0 saturated carbocycles. The molecule has 0 bridgehead atoms. The van der Waals surface area contributed by atoms with Crippen LogP contribution in [0.5, 0.6) is 0 Å². The maximum absolute atomic E-state index is 14.7. The number of Topliss-reactive ketones (excluding diaryl/α,β-unsaturated/α-hetero) is 1. The number of nitrogens with zero attached hydrogens (tertiary/aromatic N) is 12. The van der Waals surface area contributed by atoms with Crippen molar-refractivity contribution < 1.29 is 72.0 Å². The number of pyridine rings is 3. The van der Waals surface area contributed by atoms with E-state index in [9.17, 15) is 32.7 Å². The van der Waals surface area contributed by atoms with E-state index in [-0.39, 0.29) is 86.4 Å².